The van der Waals surface area contributed by atoms with Crippen LogP contribution < -0.4 is 0 Å². The van der Waals surface area contributed by atoms with Crippen LogP contribution in [0.2, 0.25) is 0 Å². The molecule has 3 aromatic rings. The zero-order valence-corrected chi connectivity index (χ0v) is 29.8. The summed E-state index contributed by atoms with van der Waals surface area (Å²) in [4.78, 5) is 0. The Labute approximate surface area is 306 Å². The van der Waals surface area contributed by atoms with Gasteiger partial charge in [-0.2, -0.15) is 13.2 Å². The molecule has 0 aromatic heterocycles. The van der Waals surface area contributed by atoms with Crippen LogP contribution in [0.5, 0.6) is 0 Å². The molecule has 11 atom stereocenters. The number of hydrogen-bond acceptors (Lipinski definition) is 10. The van der Waals surface area contributed by atoms with Crippen molar-refractivity contribution >= 4 is 0 Å². The minimum Gasteiger partial charge on any atom is -0.368 e. The van der Waals surface area contributed by atoms with Crippen molar-refractivity contribution < 1.29 is 60.5 Å². The molecule has 4 aliphatic rings. The molecule has 13 heteroatoms. The monoisotopic (exact) mass is 740 g/mol. The summed E-state index contributed by atoms with van der Waals surface area (Å²) in [6.07, 6.45) is -12.1. The topological polar surface area (TPSA) is 92.3 Å². The van der Waals surface area contributed by atoms with Gasteiger partial charge in [0.15, 0.2) is 24.7 Å². The molecule has 0 bridgehead atoms. The number of halogens is 3. The standard InChI is InChI=1S/C40H43F3O10/c1-24-30(33-35(37(44-4)48-24)53-39(2,3)52-33)50-38-34(45-21-11-14-25-17-19-28(20-18-25)40(41,42)43)32(46-22-26-12-7-5-8-13-26)31-29(49-38)23-47-36(51-31)27-15-9-6-10-16-27/h5-10,12-13,15-20,24,29-38H,21-23H2,1-4H3/t24-,29+,30-,31+,32-,33+,34-,35+,36?,37+,38-/m0/s1. The number of alkyl halides is 3. The maximum atomic E-state index is 13.1. The average Bonchev–Trinajstić information content (AvgIpc) is 3.49. The van der Waals surface area contributed by atoms with Crippen molar-refractivity contribution in [3.05, 3.63) is 107 Å². The zero-order chi connectivity index (χ0) is 37.2. The van der Waals surface area contributed by atoms with Gasteiger partial charge in [-0.15, -0.1) is 0 Å². The van der Waals surface area contributed by atoms with Crippen molar-refractivity contribution in [1.82, 2.24) is 0 Å². The van der Waals surface area contributed by atoms with Crippen molar-refractivity contribution in [2.24, 2.45) is 0 Å². The average molecular weight is 741 g/mol. The molecule has 3 aromatic carbocycles. The molecule has 10 nitrogen and oxygen atoms in total. The maximum absolute atomic E-state index is 13.1. The van der Waals surface area contributed by atoms with Gasteiger partial charge in [0, 0.05) is 18.2 Å². The van der Waals surface area contributed by atoms with Gasteiger partial charge < -0.3 is 47.4 Å². The summed E-state index contributed by atoms with van der Waals surface area (Å²) in [5, 5.41) is 0. The maximum Gasteiger partial charge on any atom is 0.416 e. The van der Waals surface area contributed by atoms with E-state index in [4.69, 9.17) is 47.4 Å². The summed E-state index contributed by atoms with van der Waals surface area (Å²) in [6, 6.07) is 23.9. The van der Waals surface area contributed by atoms with Crippen molar-refractivity contribution in [1.29, 1.82) is 0 Å². The van der Waals surface area contributed by atoms with Crippen molar-refractivity contribution in [2.45, 2.75) is 107 Å². The third-order valence-electron chi connectivity index (χ3n) is 9.52. The number of methoxy groups -OCH3 is 1. The van der Waals surface area contributed by atoms with Crippen molar-refractivity contribution in [3.8, 4) is 11.8 Å². The molecule has 4 saturated heterocycles. The highest BCUT2D eigenvalue weighted by Gasteiger charge is 2.58. The first kappa shape index (κ1) is 37.9. The summed E-state index contributed by atoms with van der Waals surface area (Å²) < 4.78 is 103. The van der Waals surface area contributed by atoms with Crippen molar-refractivity contribution in [2.75, 3.05) is 20.3 Å². The van der Waals surface area contributed by atoms with Gasteiger partial charge in [0.25, 0.3) is 0 Å². The molecule has 4 fully saturated rings. The van der Waals surface area contributed by atoms with Crippen LogP contribution in [0.25, 0.3) is 0 Å². The van der Waals surface area contributed by atoms with E-state index < -0.39 is 85.2 Å². The molecule has 0 aliphatic carbocycles. The molecule has 7 rings (SSSR count). The lowest BCUT2D eigenvalue weighted by atomic mass is 9.96. The van der Waals surface area contributed by atoms with Crippen LogP contribution in [0.3, 0.4) is 0 Å². The molecule has 53 heavy (non-hydrogen) atoms. The van der Waals surface area contributed by atoms with Gasteiger partial charge in [0.05, 0.1) is 24.9 Å². The minimum atomic E-state index is -4.44. The Balaban J connectivity index is 1.18. The number of benzene rings is 3. The first-order valence-electron chi connectivity index (χ1n) is 17.6. The van der Waals surface area contributed by atoms with E-state index in [1.807, 2.05) is 81.4 Å². The van der Waals surface area contributed by atoms with Crippen LogP contribution in [-0.4, -0.2) is 87.5 Å². The van der Waals surface area contributed by atoms with E-state index in [0.29, 0.717) is 5.56 Å². The fraction of sp³-hybridized carbons (Fsp3) is 0.500. The van der Waals surface area contributed by atoms with Gasteiger partial charge >= 0.3 is 6.18 Å². The van der Waals surface area contributed by atoms with Crippen LogP contribution >= 0.6 is 0 Å². The molecule has 0 saturated carbocycles. The van der Waals surface area contributed by atoms with E-state index in [-0.39, 0.29) is 19.8 Å². The summed E-state index contributed by atoms with van der Waals surface area (Å²) in [5.74, 6) is 4.89. The molecule has 4 aliphatic heterocycles. The number of rotatable bonds is 9. The Morgan fingerprint density at radius 2 is 1.47 bits per heavy atom. The van der Waals surface area contributed by atoms with Gasteiger partial charge in [-0.1, -0.05) is 72.5 Å². The number of fused-ring (bicyclic) bond motifs is 2. The highest BCUT2D eigenvalue weighted by molar-refractivity contribution is 5.37. The Morgan fingerprint density at radius 3 is 2.17 bits per heavy atom. The Bertz CT molecular complexity index is 1700. The van der Waals surface area contributed by atoms with Gasteiger partial charge in [-0.05, 0) is 50.6 Å². The Hall–Kier alpha value is -3.39. The smallest absolute Gasteiger partial charge is 0.368 e. The molecule has 0 N–H and O–H groups in total. The lowest BCUT2D eigenvalue weighted by molar-refractivity contribution is -0.386. The third kappa shape index (κ3) is 8.79. The van der Waals surface area contributed by atoms with Crippen LogP contribution in [0.15, 0.2) is 84.9 Å². The summed E-state index contributed by atoms with van der Waals surface area (Å²) in [7, 11) is 1.55. The largest absolute Gasteiger partial charge is 0.416 e. The van der Waals surface area contributed by atoms with Gasteiger partial charge in [0.2, 0.25) is 0 Å². The fourth-order valence-corrected chi connectivity index (χ4v) is 7.03. The third-order valence-corrected chi connectivity index (χ3v) is 9.52. The predicted octanol–water partition coefficient (Wildman–Crippen LogP) is 6.16. The Kier molecular flexibility index (Phi) is 11.5. The van der Waals surface area contributed by atoms with E-state index in [9.17, 15) is 13.2 Å². The van der Waals surface area contributed by atoms with Crippen LogP contribution in [-0.2, 0) is 60.2 Å². The molecule has 0 amide bonds. The van der Waals surface area contributed by atoms with Gasteiger partial charge in [-0.25, -0.2) is 0 Å². The lowest BCUT2D eigenvalue weighted by Gasteiger charge is -2.50. The molecule has 4 heterocycles. The molecular formula is C40H43F3O10. The molecule has 0 spiro atoms. The molecule has 0 radical (unpaired) electrons. The summed E-state index contributed by atoms with van der Waals surface area (Å²) in [5.41, 5.74) is 1.41. The number of hydrogen-bond donors (Lipinski definition) is 0. The second-order valence-electron chi connectivity index (χ2n) is 13.7. The fourth-order valence-electron chi connectivity index (χ4n) is 7.03. The SMILES string of the molecule is CO[C@@H]1O[C@@H](C)[C@H](O[C@@H]2O[C@@H]3COC(c4ccccc4)O[C@H]3[C@H](OCc3ccccc3)[C@@H]2OCC#Cc2ccc(C(F)(F)F)cc2)[C@H]2OC(C)(C)O[C@@H]12. The first-order valence-corrected chi connectivity index (χ1v) is 17.6. The van der Waals surface area contributed by atoms with Crippen molar-refractivity contribution in [3.63, 3.8) is 0 Å². The highest BCUT2D eigenvalue weighted by Crippen LogP contribution is 2.42. The van der Waals surface area contributed by atoms with E-state index in [1.165, 1.54) is 12.1 Å². The van der Waals surface area contributed by atoms with Gasteiger partial charge in [-0.3, -0.25) is 0 Å². The van der Waals surface area contributed by atoms with Crippen LogP contribution in [0, 0.1) is 11.8 Å². The van der Waals surface area contributed by atoms with Crippen LogP contribution in [0.4, 0.5) is 13.2 Å². The molecular weight excluding hydrogens is 697 g/mol. The van der Waals surface area contributed by atoms with E-state index in [1.54, 1.807) is 7.11 Å². The van der Waals surface area contributed by atoms with Gasteiger partial charge in [0.1, 0.15) is 49.3 Å². The molecule has 284 valence electrons. The predicted molar refractivity (Wildman–Crippen MR) is 182 cm³/mol. The summed E-state index contributed by atoms with van der Waals surface area (Å²) in [6.45, 7) is 5.77. The highest BCUT2D eigenvalue weighted by atomic mass is 19.4. The second-order valence-corrected chi connectivity index (χ2v) is 13.7. The zero-order valence-electron chi connectivity index (χ0n) is 29.8. The minimum absolute atomic E-state index is 0.128. The lowest BCUT2D eigenvalue weighted by Crippen LogP contribution is -2.66. The van der Waals surface area contributed by atoms with E-state index >= 15 is 0 Å². The van der Waals surface area contributed by atoms with Crippen LogP contribution in [0.1, 0.15) is 49.3 Å². The second kappa shape index (κ2) is 16.1. The number of ether oxygens (including phenoxy) is 10. The Morgan fingerprint density at radius 1 is 0.774 bits per heavy atom. The normalized spacial score (nSPS) is 33.7. The van der Waals surface area contributed by atoms with E-state index in [0.717, 1.165) is 23.3 Å². The quantitative estimate of drug-likeness (QED) is 0.238. The first-order chi connectivity index (χ1) is 25.5. The van der Waals surface area contributed by atoms with E-state index in [2.05, 4.69) is 11.8 Å². The summed E-state index contributed by atoms with van der Waals surface area (Å²) >= 11 is 0. The molecule has 1 unspecified atom stereocenters.